The molecule has 31 heavy (non-hydrogen) atoms. The predicted octanol–water partition coefficient (Wildman–Crippen LogP) is 6.25. The molecule has 8 nitrogen and oxygen atoms in total. The van der Waals surface area contributed by atoms with Crippen LogP contribution < -0.4 is 0 Å². The van der Waals surface area contributed by atoms with Gasteiger partial charge >= 0.3 is 0 Å². The summed E-state index contributed by atoms with van der Waals surface area (Å²) < 4.78 is 1.85. The zero-order valence-corrected chi connectivity index (χ0v) is 19.8. The molecule has 0 saturated carbocycles. The van der Waals surface area contributed by atoms with Gasteiger partial charge in [0.15, 0.2) is 5.69 Å². The third-order valence-electron chi connectivity index (χ3n) is 4.91. The van der Waals surface area contributed by atoms with Gasteiger partial charge in [-0.2, -0.15) is 5.10 Å². The maximum absolute atomic E-state index is 4.62. The van der Waals surface area contributed by atoms with Gasteiger partial charge in [0.25, 0.3) is 0 Å². The molecular weight excluding hydrogens is 408 g/mol. The Hall–Kier alpha value is -2.94. The van der Waals surface area contributed by atoms with Gasteiger partial charge < -0.3 is 0 Å². The van der Waals surface area contributed by atoms with Crippen LogP contribution in [0.1, 0.15) is 58.8 Å². The van der Waals surface area contributed by atoms with Crippen molar-refractivity contribution >= 4 is 28.9 Å². The predicted molar refractivity (Wildman–Crippen MR) is 123 cm³/mol. The molecule has 0 aliphatic rings. The van der Waals surface area contributed by atoms with Crippen molar-refractivity contribution in [3.63, 3.8) is 0 Å². The Morgan fingerprint density at radius 3 is 2.23 bits per heavy atom. The summed E-state index contributed by atoms with van der Waals surface area (Å²) in [6.45, 7) is 14.8. The standard InChI is InChI=1S/C22H28N8S/c1-13-23-28-20-15(17(21(2,3)4)29-30(13)20)24-26-19-16(18(25-27-19)22(5,6)7)31-14-11-9-8-10-12-14/h8-12,29H,1-7H3,(H,25,27). The Labute approximate surface area is 186 Å². The van der Waals surface area contributed by atoms with Crippen molar-refractivity contribution in [1.82, 2.24) is 30.0 Å². The van der Waals surface area contributed by atoms with Crippen molar-refractivity contribution in [2.75, 3.05) is 0 Å². The molecule has 162 valence electrons. The van der Waals surface area contributed by atoms with Crippen molar-refractivity contribution in [3.8, 4) is 0 Å². The number of aryl methyl sites for hydroxylation is 1. The van der Waals surface area contributed by atoms with Crippen LogP contribution in [0.15, 0.2) is 50.4 Å². The lowest BCUT2D eigenvalue weighted by Gasteiger charge is -2.18. The second-order valence-electron chi connectivity index (χ2n) is 9.61. The highest BCUT2D eigenvalue weighted by Crippen LogP contribution is 2.42. The highest BCUT2D eigenvalue weighted by Gasteiger charge is 2.27. The van der Waals surface area contributed by atoms with Gasteiger partial charge in [0.05, 0.1) is 16.3 Å². The van der Waals surface area contributed by atoms with Gasteiger partial charge in [-0.05, 0) is 19.1 Å². The molecule has 9 heteroatoms. The zero-order valence-electron chi connectivity index (χ0n) is 19.0. The van der Waals surface area contributed by atoms with Crippen LogP contribution in [-0.4, -0.2) is 30.0 Å². The normalized spacial score (nSPS) is 13.0. The van der Waals surface area contributed by atoms with Crippen molar-refractivity contribution in [2.45, 2.75) is 69.1 Å². The third-order valence-corrected chi connectivity index (χ3v) is 6.01. The third kappa shape index (κ3) is 4.14. The molecule has 0 fully saturated rings. The second kappa shape index (κ2) is 7.64. The van der Waals surface area contributed by atoms with Crippen LogP contribution in [0.4, 0.5) is 11.5 Å². The summed E-state index contributed by atoms with van der Waals surface area (Å²) in [5, 5.41) is 28.7. The van der Waals surface area contributed by atoms with Gasteiger partial charge in [0, 0.05) is 15.7 Å². The summed E-state index contributed by atoms with van der Waals surface area (Å²) >= 11 is 1.64. The van der Waals surface area contributed by atoms with Gasteiger partial charge in [0.1, 0.15) is 5.82 Å². The van der Waals surface area contributed by atoms with E-state index in [-0.39, 0.29) is 10.8 Å². The molecule has 0 aliphatic carbocycles. The summed E-state index contributed by atoms with van der Waals surface area (Å²) in [6.07, 6.45) is 0. The topological polar surface area (TPSA) is 99.4 Å². The van der Waals surface area contributed by atoms with Crippen molar-refractivity contribution in [3.05, 3.63) is 47.5 Å². The molecule has 0 bridgehead atoms. The highest BCUT2D eigenvalue weighted by atomic mass is 32.2. The van der Waals surface area contributed by atoms with Crippen LogP contribution >= 0.6 is 11.8 Å². The maximum Gasteiger partial charge on any atom is 0.209 e. The first-order valence-electron chi connectivity index (χ1n) is 10.2. The monoisotopic (exact) mass is 436 g/mol. The molecule has 0 saturated heterocycles. The number of rotatable bonds is 4. The van der Waals surface area contributed by atoms with Crippen LogP contribution in [-0.2, 0) is 10.8 Å². The quantitative estimate of drug-likeness (QED) is 0.369. The van der Waals surface area contributed by atoms with E-state index in [4.69, 9.17) is 0 Å². The van der Waals surface area contributed by atoms with Crippen molar-refractivity contribution < 1.29 is 0 Å². The van der Waals surface area contributed by atoms with Gasteiger partial charge in [-0.15, -0.1) is 20.4 Å². The molecule has 3 aromatic heterocycles. The largest absolute Gasteiger partial charge is 0.292 e. The van der Waals surface area contributed by atoms with E-state index in [1.54, 1.807) is 11.8 Å². The fourth-order valence-corrected chi connectivity index (χ4v) is 4.40. The number of H-pyrrole nitrogens is 2. The number of hydrogen-bond donors (Lipinski definition) is 2. The molecule has 0 spiro atoms. The Balaban J connectivity index is 1.81. The first-order valence-corrected chi connectivity index (χ1v) is 11.0. The van der Waals surface area contributed by atoms with E-state index >= 15 is 0 Å². The summed E-state index contributed by atoms with van der Waals surface area (Å²) in [6, 6.07) is 10.2. The number of fused-ring (bicyclic) bond motifs is 1. The molecule has 2 N–H and O–H groups in total. The maximum atomic E-state index is 4.62. The number of nitrogens with one attached hydrogen (secondary N) is 2. The first-order chi connectivity index (χ1) is 14.6. The number of aromatic nitrogens is 6. The molecule has 4 rings (SSSR count). The average molecular weight is 437 g/mol. The Morgan fingerprint density at radius 2 is 1.58 bits per heavy atom. The molecular formula is C22H28N8S. The number of nitrogens with zero attached hydrogens (tertiary/aromatic N) is 6. The Bertz CT molecular complexity index is 1230. The van der Waals surface area contributed by atoms with E-state index < -0.39 is 0 Å². The fourth-order valence-electron chi connectivity index (χ4n) is 3.24. The molecule has 0 unspecified atom stereocenters. The number of hydrogen-bond acceptors (Lipinski definition) is 6. The van der Waals surface area contributed by atoms with E-state index in [0.717, 1.165) is 27.0 Å². The van der Waals surface area contributed by atoms with Gasteiger partial charge in [-0.3, -0.25) is 10.2 Å². The molecule has 1 aromatic carbocycles. The summed E-state index contributed by atoms with van der Waals surface area (Å²) in [7, 11) is 0. The van der Waals surface area contributed by atoms with E-state index in [2.05, 4.69) is 89.4 Å². The lowest BCUT2D eigenvalue weighted by molar-refractivity contribution is 0.556. The van der Waals surface area contributed by atoms with Crippen LogP contribution in [0.2, 0.25) is 0 Å². The fraction of sp³-hybridized carbons (Fsp3) is 0.409. The van der Waals surface area contributed by atoms with Crippen LogP contribution in [0, 0.1) is 6.92 Å². The van der Waals surface area contributed by atoms with Gasteiger partial charge in [-0.25, -0.2) is 4.52 Å². The molecule has 0 radical (unpaired) electrons. The second-order valence-corrected chi connectivity index (χ2v) is 10.7. The zero-order chi connectivity index (χ0) is 22.4. The van der Waals surface area contributed by atoms with E-state index in [9.17, 15) is 0 Å². The van der Waals surface area contributed by atoms with Crippen molar-refractivity contribution in [2.24, 2.45) is 10.2 Å². The van der Waals surface area contributed by atoms with Crippen LogP contribution in [0.3, 0.4) is 0 Å². The molecule has 4 aromatic rings. The lowest BCUT2D eigenvalue weighted by atomic mass is 9.91. The van der Waals surface area contributed by atoms with Crippen molar-refractivity contribution in [1.29, 1.82) is 0 Å². The Morgan fingerprint density at radius 1 is 0.903 bits per heavy atom. The minimum absolute atomic E-state index is 0.111. The number of aromatic amines is 2. The minimum Gasteiger partial charge on any atom is -0.292 e. The Kier molecular flexibility index (Phi) is 5.25. The SMILES string of the molecule is Cc1nnc2c(N=Nc3n[nH]c(C(C)(C)C)c3Sc3ccccc3)c(C(C)(C)C)[nH]n12. The number of benzene rings is 1. The molecule has 3 heterocycles. The smallest absolute Gasteiger partial charge is 0.209 e. The van der Waals surface area contributed by atoms with Crippen LogP contribution in [0.25, 0.3) is 5.65 Å². The summed E-state index contributed by atoms with van der Waals surface area (Å²) in [4.78, 5) is 2.10. The van der Waals surface area contributed by atoms with Crippen LogP contribution in [0.5, 0.6) is 0 Å². The number of azo groups is 1. The van der Waals surface area contributed by atoms with E-state index in [0.29, 0.717) is 17.2 Å². The van der Waals surface area contributed by atoms with E-state index in [1.165, 1.54) is 0 Å². The molecule has 0 atom stereocenters. The van der Waals surface area contributed by atoms with Gasteiger partial charge in [0.2, 0.25) is 11.5 Å². The summed E-state index contributed by atoms with van der Waals surface area (Å²) in [5.74, 6) is 1.34. The average Bonchev–Trinajstić information content (AvgIpc) is 3.35. The minimum atomic E-state index is -0.161. The van der Waals surface area contributed by atoms with Gasteiger partial charge in [-0.1, -0.05) is 71.5 Å². The molecule has 0 amide bonds. The first kappa shape index (κ1) is 21.3. The lowest BCUT2D eigenvalue weighted by Crippen LogP contribution is -2.12. The molecule has 0 aliphatic heterocycles. The van der Waals surface area contributed by atoms with E-state index in [1.807, 2.05) is 29.6 Å². The highest BCUT2D eigenvalue weighted by molar-refractivity contribution is 7.99. The summed E-state index contributed by atoms with van der Waals surface area (Å²) in [5.41, 5.74) is 3.06.